The van der Waals surface area contributed by atoms with Crippen molar-refractivity contribution in [2.24, 2.45) is 11.8 Å². The van der Waals surface area contributed by atoms with E-state index in [1.807, 2.05) is 60.7 Å². The van der Waals surface area contributed by atoms with Gasteiger partial charge in [0, 0.05) is 26.7 Å². The summed E-state index contributed by atoms with van der Waals surface area (Å²) in [6, 6.07) is 17.1. The molecular formula is C32H37N3O5. The van der Waals surface area contributed by atoms with Crippen molar-refractivity contribution >= 4 is 17.7 Å². The zero-order valence-electron chi connectivity index (χ0n) is 22.9. The zero-order chi connectivity index (χ0) is 28.4. The largest absolute Gasteiger partial charge is 0.394 e. The molecule has 3 amide bonds. The van der Waals surface area contributed by atoms with Gasteiger partial charge in [-0.3, -0.25) is 14.4 Å². The van der Waals surface area contributed by atoms with Gasteiger partial charge in [0.25, 0.3) is 0 Å². The first-order valence-corrected chi connectivity index (χ1v) is 13.8. The van der Waals surface area contributed by atoms with Gasteiger partial charge in [0.1, 0.15) is 11.6 Å². The van der Waals surface area contributed by atoms with Gasteiger partial charge >= 0.3 is 0 Å². The van der Waals surface area contributed by atoms with Gasteiger partial charge in [-0.15, -0.1) is 13.2 Å². The molecule has 2 unspecified atom stereocenters. The van der Waals surface area contributed by atoms with Crippen LogP contribution >= 0.6 is 0 Å². The van der Waals surface area contributed by atoms with E-state index in [4.69, 9.17) is 4.74 Å². The molecule has 3 aliphatic heterocycles. The van der Waals surface area contributed by atoms with E-state index in [9.17, 15) is 19.5 Å². The molecule has 3 fully saturated rings. The molecule has 0 radical (unpaired) electrons. The number of rotatable bonds is 11. The van der Waals surface area contributed by atoms with Crippen LogP contribution in [0.4, 0.5) is 0 Å². The van der Waals surface area contributed by atoms with Crippen LogP contribution in [0.2, 0.25) is 0 Å². The lowest BCUT2D eigenvalue weighted by molar-refractivity contribution is -0.152. The van der Waals surface area contributed by atoms with Gasteiger partial charge in [0.15, 0.2) is 0 Å². The summed E-state index contributed by atoms with van der Waals surface area (Å²) in [7, 11) is 1.69. The van der Waals surface area contributed by atoms with Crippen LogP contribution < -0.4 is 0 Å². The maximum atomic E-state index is 14.6. The highest BCUT2D eigenvalue weighted by Crippen LogP contribution is 2.60. The molecule has 3 aliphatic rings. The number of carbonyl (C=O) groups excluding carboxylic acids is 3. The highest BCUT2D eigenvalue weighted by Gasteiger charge is 2.75. The number of amides is 3. The van der Waals surface area contributed by atoms with Gasteiger partial charge in [-0.1, -0.05) is 72.8 Å². The number of ether oxygens (including phenoxy) is 1. The fraction of sp³-hybridized carbons (Fsp3) is 0.406. The fourth-order valence-corrected chi connectivity index (χ4v) is 6.92. The summed E-state index contributed by atoms with van der Waals surface area (Å²) < 4.78 is 6.60. The topological polar surface area (TPSA) is 90.4 Å². The van der Waals surface area contributed by atoms with Crippen molar-refractivity contribution in [2.75, 3.05) is 26.7 Å². The second kappa shape index (κ2) is 11.4. The SMILES string of the molecule is C=CCN(C)C(=O)[C@@H]1[C@@H]2CCC3(O2)C(C(=O)N(CC=C)Cc2ccccc2)N([C@H](CO)c2ccccc2)C(=O)[C@H]13. The van der Waals surface area contributed by atoms with Crippen LogP contribution in [0, 0.1) is 11.8 Å². The Morgan fingerprint density at radius 3 is 2.35 bits per heavy atom. The standard InChI is InChI=1S/C32H37N3O5/c1-4-18-33(3)29(37)26-25-16-17-32(40-25)27(26)30(38)35(24(21-36)23-14-10-7-11-15-23)28(32)31(39)34(19-5-2)20-22-12-8-6-9-13-22/h4-15,24-28,36H,1-2,16-21H2,3H3/t24-,25+,26-,27+,28?,32?/m1/s1. The molecule has 3 heterocycles. The predicted molar refractivity (Wildman–Crippen MR) is 151 cm³/mol. The number of likely N-dealkylation sites (tertiary alicyclic amines) is 1. The summed E-state index contributed by atoms with van der Waals surface area (Å²) in [6.07, 6.45) is 3.93. The number of carbonyl (C=O) groups is 3. The highest BCUT2D eigenvalue weighted by atomic mass is 16.5. The number of hydrogen-bond donors (Lipinski definition) is 1. The average Bonchev–Trinajstić information content (AvgIpc) is 3.61. The molecule has 0 aliphatic carbocycles. The smallest absolute Gasteiger partial charge is 0.249 e. The molecule has 8 nitrogen and oxygen atoms in total. The van der Waals surface area contributed by atoms with Crippen LogP contribution in [-0.4, -0.2) is 82.0 Å². The monoisotopic (exact) mass is 543 g/mol. The second-order valence-corrected chi connectivity index (χ2v) is 10.9. The molecule has 1 spiro atoms. The molecule has 1 N–H and O–H groups in total. The lowest BCUT2D eigenvalue weighted by Crippen LogP contribution is -2.57. The molecule has 2 aromatic rings. The third-order valence-corrected chi connectivity index (χ3v) is 8.61. The Bertz CT molecular complexity index is 1270. The van der Waals surface area contributed by atoms with E-state index < -0.39 is 35.6 Å². The maximum Gasteiger partial charge on any atom is 0.249 e. The first kappa shape index (κ1) is 27.8. The van der Waals surface area contributed by atoms with Crippen molar-refractivity contribution in [3.63, 3.8) is 0 Å². The molecule has 210 valence electrons. The van der Waals surface area contributed by atoms with E-state index in [-0.39, 0.29) is 30.9 Å². The first-order valence-electron chi connectivity index (χ1n) is 13.8. The van der Waals surface area contributed by atoms with Crippen LogP contribution in [0.25, 0.3) is 0 Å². The molecule has 0 aromatic heterocycles. The predicted octanol–water partition coefficient (Wildman–Crippen LogP) is 2.95. The van der Waals surface area contributed by atoms with Crippen LogP contribution in [0.15, 0.2) is 86.0 Å². The molecule has 2 bridgehead atoms. The van der Waals surface area contributed by atoms with Crippen molar-refractivity contribution < 1.29 is 24.2 Å². The molecule has 8 heteroatoms. The molecule has 5 rings (SSSR count). The normalized spacial score (nSPS) is 27.2. The Balaban J connectivity index is 1.60. The minimum absolute atomic E-state index is 0.189. The Hall–Kier alpha value is -3.75. The molecule has 40 heavy (non-hydrogen) atoms. The lowest BCUT2D eigenvalue weighted by atomic mass is 9.70. The van der Waals surface area contributed by atoms with Gasteiger partial charge in [-0.05, 0) is 24.0 Å². The summed E-state index contributed by atoms with van der Waals surface area (Å²) in [5.41, 5.74) is 0.499. The van der Waals surface area contributed by atoms with Crippen molar-refractivity contribution in [3.8, 4) is 0 Å². The van der Waals surface area contributed by atoms with E-state index in [0.717, 1.165) is 5.56 Å². The second-order valence-electron chi connectivity index (χ2n) is 10.9. The van der Waals surface area contributed by atoms with E-state index in [1.165, 1.54) is 4.90 Å². The van der Waals surface area contributed by atoms with E-state index in [2.05, 4.69) is 13.2 Å². The van der Waals surface area contributed by atoms with Gasteiger partial charge < -0.3 is 24.5 Å². The summed E-state index contributed by atoms with van der Waals surface area (Å²) in [5.74, 6) is -2.32. The minimum Gasteiger partial charge on any atom is -0.394 e. The quantitative estimate of drug-likeness (QED) is 0.440. The zero-order valence-corrected chi connectivity index (χ0v) is 22.9. The van der Waals surface area contributed by atoms with Gasteiger partial charge in [0.05, 0.1) is 30.6 Å². The van der Waals surface area contributed by atoms with Crippen LogP contribution in [0.3, 0.4) is 0 Å². The molecule has 6 atom stereocenters. The van der Waals surface area contributed by atoms with Crippen molar-refractivity contribution in [2.45, 2.75) is 43.2 Å². The van der Waals surface area contributed by atoms with Crippen LogP contribution in [-0.2, 0) is 25.7 Å². The van der Waals surface area contributed by atoms with E-state index in [1.54, 1.807) is 29.0 Å². The Labute approximate surface area is 235 Å². The molecule has 2 aromatic carbocycles. The van der Waals surface area contributed by atoms with Crippen LogP contribution in [0.1, 0.15) is 30.0 Å². The number of likely N-dealkylation sites (N-methyl/N-ethyl adjacent to an activating group) is 1. The minimum atomic E-state index is -1.16. The number of aliphatic hydroxyl groups is 1. The summed E-state index contributed by atoms with van der Waals surface area (Å²) in [4.78, 5) is 47.4. The number of nitrogens with zero attached hydrogens (tertiary/aromatic N) is 3. The van der Waals surface area contributed by atoms with Crippen molar-refractivity contribution in [1.82, 2.24) is 14.7 Å². The van der Waals surface area contributed by atoms with E-state index in [0.29, 0.717) is 31.5 Å². The Kier molecular flexibility index (Phi) is 7.92. The van der Waals surface area contributed by atoms with Gasteiger partial charge in [0.2, 0.25) is 17.7 Å². The number of hydrogen-bond acceptors (Lipinski definition) is 5. The van der Waals surface area contributed by atoms with Crippen molar-refractivity contribution in [1.29, 1.82) is 0 Å². The summed E-state index contributed by atoms with van der Waals surface area (Å²) >= 11 is 0. The van der Waals surface area contributed by atoms with Crippen molar-refractivity contribution in [3.05, 3.63) is 97.1 Å². The Morgan fingerprint density at radius 1 is 1.07 bits per heavy atom. The summed E-state index contributed by atoms with van der Waals surface area (Å²) in [6.45, 7) is 8.17. The molecular weight excluding hydrogens is 506 g/mol. The molecule has 3 saturated heterocycles. The lowest BCUT2D eigenvalue weighted by Gasteiger charge is -2.39. The van der Waals surface area contributed by atoms with Crippen LogP contribution in [0.5, 0.6) is 0 Å². The molecule has 0 saturated carbocycles. The Morgan fingerprint density at radius 2 is 1.73 bits per heavy atom. The first-order chi connectivity index (χ1) is 19.4. The third-order valence-electron chi connectivity index (χ3n) is 8.61. The van der Waals surface area contributed by atoms with Gasteiger partial charge in [-0.2, -0.15) is 0 Å². The number of benzene rings is 2. The van der Waals surface area contributed by atoms with Gasteiger partial charge in [-0.25, -0.2) is 0 Å². The highest BCUT2D eigenvalue weighted by molar-refractivity contribution is 5.99. The third kappa shape index (κ3) is 4.55. The number of aliphatic hydroxyl groups excluding tert-OH is 1. The number of fused-ring (bicyclic) bond motifs is 1. The summed E-state index contributed by atoms with van der Waals surface area (Å²) in [5, 5.41) is 10.6. The van der Waals surface area contributed by atoms with E-state index >= 15 is 0 Å². The maximum absolute atomic E-state index is 14.6. The fourth-order valence-electron chi connectivity index (χ4n) is 6.92. The average molecular weight is 544 g/mol.